The quantitative estimate of drug-likeness (QED) is 0.790. The van der Waals surface area contributed by atoms with Crippen molar-refractivity contribution in [2.45, 2.75) is 19.3 Å². The number of fused-ring (bicyclic) bond motifs is 1. The molecule has 4 nitrogen and oxygen atoms in total. The van der Waals surface area contributed by atoms with Gasteiger partial charge in [-0.1, -0.05) is 11.6 Å². The van der Waals surface area contributed by atoms with Crippen LogP contribution in [0.3, 0.4) is 0 Å². The summed E-state index contributed by atoms with van der Waals surface area (Å²) in [5, 5.41) is 0.514. The number of aromatic nitrogens is 3. The fraction of sp³-hybridized carbons (Fsp3) is 0.231. The summed E-state index contributed by atoms with van der Waals surface area (Å²) in [6.45, 7) is 0. The molecular formula is C13H10ClN3O. The molecule has 3 rings (SSSR count). The van der Waals surface area contributed by atoms with Crippen molar-refractivity contribution < 1.29 is 4.79 Å². The summed E-state index contributed by atoms with van der Waals surface area (Å²) in [7, 11) is 0. The molecule has 0 fully saturated rings. The van der Waals surface area contributed by atoms with Gasteiger partial charge < -0.3 is 0 Å². The van der Waals surface area contributed by atoms with E-state index in [1.807, 2.05) is 0 Å². The van der Waals surface area contributed by atoms with Crippen LogP contribution in [0.5, 0.6) is 0 Å². The predicted octanol–water partition coefficient (Wildman–Crippen LogP) is 2.71. The van der Waals surface area contributed by atoms with E-state index in [-0.39, 0.29) is 5.78 Å². The van der Waals surface area contributed by atoms with E-state index in [0.29, 0.717) is 28.5 Å². The summed E-state index contributed by atoms with van der Waals surface area (Å²) < 4.78 is 0. The highest BCUT2D eigenvalue weighted by Gasteiger charge is 2.20. The number of nitrogens with zero attached hydrogens (tertiary/aromatic N) is 3. The number of ketones is 1. The highest BCUT2D eigenvalue weighted by molar-refractivity contribution is 6.32. The molecule has 2 aromatic heterocycles. The van der Waals surface area contributed by atoms with Crippen molar-refractivity contribution in [2.24, 2.45) is 0 Å². The molecule has 0 saturated heterocycles. The first kappa shape index (κ1) is 11.3. The molecule has 2 aromatic rings. The van der Waals surface area contributed by atoms with Gasteiger partial charge in [-0.25, -0.2) is 9.97 Å². The van der Waals surface area contributed by atoms with Crippen LogP contribution in [0, 0.1) is 0 Å². The van der Waals surface area contributed by atoms with Gasteiger partial charge in [0.2, 0.25) is 0 Å². The van der Waals surface area contributed by atoms with Crippen LogP contribution < -0.4 is 0 Å². The van der Waals surface area contributed by atoms with Crippen molar-refractivity contribution in [1.82, 2.24) is 15.0 Å². The van der Waals surface area contributed by atoms with Crippen molar-refractivity contribution in [2.75, 3.05) is 0 Å². The number of aryl methyl sites for hydroxylation is 1. The van der Waals surface area contributed by atoms with E-state index in [1.54, 1.807) is 24.5 Å². The van der Waals surface area contributed by atoms with Crippen molar-refractivity contribution in [3.05, 3.63) is 40.8 Å². The van der Waals surface area contributed by atoms with Gasteiger partial charge >= 0.3 is 0 Å². The van der Waals surface area contributed by atoms with E-state index < -0.39 is 0 Å². The van der Waals surface area contributed by atoms with E-state index in [0.717, 1.165) is 18.5 Å². The van der Waals surface area contributed by atoms with Gasteiger partial charge in [0, 0.05) is 18.8 Å². The summed E-state index contributed by atoms with van der Waals surface area (Å²) in [5.74, 6) is 0.601. The second kappa shape index (κ2) is 4.46. The largest absolute Gasteiger partial charge is 0.294 e. The third-order valence-corrected chi connectivity index (χ3v) is 3.26. The Bertz CT molecular complexity index is 627. The van der Waals surface area contributed by atoms with E-state index >= 15 is 0 Å². The highest BCUT2D eigenvalue weighted by atomic mass is 35.5. The summed E-state index contributed by atoms with van der Waals surface area (Å²) in [5.41, 5.74) is 2.00. The molecule has 0 aromatic carbocycles. The summed E-state index contributed by atoms with van der Waals surface area (Å²) in [6, 6.07) is 3.51. The van der Waals surface area contributed by atoms with Gasteiger partial charge in [0.05, 0.1) is 16.3 Å². The Morgan fingerprint density at radius 2 is 2.11 bits per heavy atom. The van der Waals surface area contributed by atoms with E-state index in [4.69, 9.17) is 11.6 Å². The summed E-state index contributed by atoms with van der Waals surface area (Å²) in [6.07, 6.45) is 5.47. The lowest BCUT2D eigenvalue weighted by Crippen LogP contribution is -2.14. The van der Waals surface area contributed by atoms with E-state index in [9.17, 15) is 4.79 Å². The monoisotopic (exact) mass is 259 g/mol. The molecular weight excluding hydrogens is 250 g/mol. The Kier molecular flexibility index (Phi) is 2.80. The fourth-order valence-electron chi connectivity index (χ4n) is 2.06. The standard InChI is InChI=1S/C13H10ClN3O/c14-9-3-2-6-15-12(9)13-16-7-8-10(17-13)4-1-5-11(8)18/h2-3,6-7H,1,4-5H2. The third kappa shape index (κ3) is 1.88. The number of hydrogen-bond acceptors (Lipinski definition) is 4. The normalized spacial score (nSPS) is 14.4. The number of rotatable bonds is 1. The van der Waals surface area contributed by atoms with Crippen LogP contribution in [0.25, 0.3) is 11.5 Å². The molecule has 1 aliphatic rings. The highest BCUT2D eigenvalue weighted by Crippen LogP contribution is 2.25. The SMILES string of the molecule is O=C1CCCc2nc(-c3ncccc3Cl)ncc21. The molecule has 0 bridgehead atoms. The molecule has 90 valence electrons. The third-order valence-electron chi connectivity index (χ3n) is 2.96. The number of hydrogen-bond donors (Lipinski definition) is 0. The van der Waals surface area contributed by atoms with Crippen LogP contribution in [-0.2, 0) is 6.42 Å². The zero-order valence-electron chi connectivity index (χ0n) is 9.56. The van der Waals surface area contributed by atoms with Crippen LogP contribution in [0.1, 0.15) is 28.9 Å². The number of halogens is 1. The van der Waals surface area contributed by atoms with Crippen molar-refractivity contribution in [3.8, 4) is 11.5 Å². The lowest BCUT2D eigenvalue weighted by atomic mass is 9.96. The molecule has 0 atom stereocenters. The Balaban J connectivity index is 2.10. The average molecular weight is 260 g/mol. The number of pyridine rings is 1. The lowest BCUT2D eigenvalue weighted by molar-refractivity contribution is 0.0971. The maximum atomic E-state index is 11.7. The molecule has 0 N–H and O–H groups in total. The van der Waals surface area contributed by atoms with Crippen molar-refractivity contribution in [3.63, 3.8) is 0 Å². The smallest absolute Gasteiger partial charge is 0.179 e. The van der Waals surface area contributed by atoms with Crippen molar-refractivity contribution >= 4 is 17.4 Å². The predicted molar refractivity (Wildman–Crippen MR) is 67.5 cm³/mol. The molecule has 0 unspecified atom stereocenters. The zero-order valence-corrected chi connectivity index (χ0v) is 10.3. The summed E-state index contributed by atoms with van der Waals surface area (Å²) in [4.78, 5) is 24.5. The van der Waals surface area contributed by atoms with Crippen LogP contribution in [-0.4, -0.2) is 20.7 Å². The van der Waals surface area contributed by atoms with Crippen LogP contribution in [0.4, 0.5) is 0 Å². The first-order valence-electron chi connectivity index (χ1n) is 5.76. The fourth-order valence-corrected chi connectivity index (χ4v) is 2.26. The molecule has 0 amide bonds. The molecule has 0 saturated carbocycles. The van der Waals surface area contributed by atoms with E-state index in [2.05, 4.69) is 15.0 Å². The maximum Gasteiger partial charge on any atom is 0.179 e. The molecule has 0 aliphatic heterocycles. The first-order valence-corrected chi connectivity index (χ1v) is 6.13. The summed E-state index contributed by atoms with van der Waals surface area (Å²) >= 11 is 6.06. The number of Topliss-reactive ketones (excluding diaryl/α,β-unsaturated/α-hetero) is 1. The van der Waals surface area contributed by atoms with E-state index in [1.165, 1.54) is 0 Å². The minimum Gasteiger partial charge on any atom is -0.294 e. The van der Waals surface area contributed by atoms with Gasteiger partial charge in [0.15, 0.2) is 11.6 Å². The molecule has 5 heteroatoms. The van der Waals surface area contributed by atoms with Gasteiger partial charge in [-0.3, -0.25) is 9.78 Å². The van der Waals surface area contributed by atoms with Gasteiger partial charge in [-0.15, -0.1) is 0 Å². The average Bonchev–Trinajstić information content (AvgIpc) is 2.39. The molecule has 2 heterocycles. The molecule has 0 radical (unpaired) electrons. The second-order valence-corrected chi connectivity index (χ2v) is 4.57. The minimum absolute atomic E-state index is 0.120. The van der Waals surface area contributed by atoms with Gasteiger partial charge in [0.25, 0.3) is 0 Å². The Labute approximate surface area is 109 Å². The molecule has 1 aliphatic carbocycles. The van der Waals surface area contributed by atoms with Crippen molar-refractivity contribution in [1.29, 1.82) is 0 Å². The molecule has 0 spiro atoms. The van der Waals surface area contributed by atoms with Gasteiger partial charge in [-0.2, -0.15) is 0 Å². The minimum atomic E-state index is 0.120. The lowest BCUT2D eigenvalue weighted by Gasteiger charge is -2.13. The molecule has 18 heavy (non-hydrogen) atoms. The Morgan fingerprint density at radius 3 is 2.94 bits per heavy atom. The Morgan fingerprint density at radius 1 is 1.22 bits per heavy atom. The van der Waals surface area contributed by atoms with Crippen LogP contribution in [0.15, 0.2) is 24.5 Å². The zero-order chi connectivity index (χ0) is 12.5. The van der Waals surface area contributed by atoms with Gasteiger partial charge in [-0.05, 0) is 25.0 Å². The van der Waals surface area contributed by atoms with Crippen LogP contribution >= 0.6 is 11.6 Å². The first-order chi connectivity index (χ1) is 8.75. The topological polar surface area (TPSA) is 55.7 Å². The number of carbonyl (C=O) groups excluding carboxylic acids is 1. The maximum absolute atomic E-state index is 11.7. The second-order valence-electron chi connectivity index (χ2n) is 4.16. The van der Waals surface area contributed by atoms with Gasteiger partial charge in [0.1, 0.15) is 5.69 Å². The number of carbonyl (C=O) groups is 1. The Hall–Kier alpha value is -1.81. The van der Waals surface area contributed by atoms with Crippen LogP contribution in [0.2, 0.25) is 5.02 Å².